The fourth-order valence-corrected chi connectivity index (χ4v) is 6.61. The molecule has 5 aliphatic rings. The lowest BCUT2D eigenvalue weighted by Crippen LogP contribution is -2.57. The molecule has 0 radical (unpaired) electrons. The van der Waals surface area contributed by atoms with Crippen molar-refractivity contribution >= 4 is 22.6 Å². The second-order valence-corrected chi connectivity index (χ2v) is 8.61. The molecular weight excluding hydrogens is 310 g/mol. The van der Waals surface area contributed by atoms with E-state index in [4.69, 9.17) is 0 Å². The Kier molecular flexibility index (Phi) is 2.65. The van der Waals surface area contributed by atoms with E-state index in [1.807, 2.05) is 36.4 Å². The van der Waals surface area contributed by atoms with Crippen LogP contribution in [-0.4, -0.2) is 22.8 Å². The van der Waals surface area contributed by atoms with E-state index in [1.165, 1.54) is 32.1 Å². The van der Waals surface area contributed by atoms with Gasteiger partial charge in [0.1, 0.15) is 0 Å². The second-order valence-electron chi connectivity index (χ2n) is 8.61. The van der Waals surface area contributed by atoms with E-state index in [1.54, 1.807) is 4.90 Å². The molecule has 126 valence electrons. The first kappa shape index (κ1) is 14.1. The Hall–Kier alpha value is -2.16. The first-order chi connectivity index (χ1) is 12.2. The van der Waals surface area contributed by atoms with Crippen LogP contribution in [0, 0.1) is 23.7 Å². The van der Waals surface area contributed by atoms with Gasteiger partial charge < -0.3 is 0 Å². The number of nitrogens with zero attached hydrogens (tertiary/aromatic N) is 1. The van der Waals surface area contributed by atoms with Gasteiger partial charge in [0.2, 0.25) is 0 Å². The van der Waals surface area contributed by atoms with Crippen molar-refractivity contribution in [3.8, 4) is 0 Å². The number of carbonyl (C=O) groups is 2. The standard InChI is InChI=1S/C22H21NO2/c24-21-18-6-5-14-3-1-2-4-17(14)19(18)22(25)23(21)20-15-8-12-7-13(10-15)11-16(20)9-12/h1-6,12-13,15-16,20H,7-11H2. The van der Waals surface area contributed by atoms with Crippen LogP contribution in [0.25, 0.3) is 10.8 Å². The van der Waals surface area contributed by atoms with Crippen molar-refractivity contribution in [2.75, 3.05) is 0 Å². The topological polar surface area (TPSA) is 37.4 Å². The van der Waals surface area contributed by atoms with E-state index in [-0.39, 0.29) is 17.9 Å². The molecule has 3 nitrogen and oxygen atoms in total. The second kappa shape index (κ2) is 4.72. The zero-order valence-corrected chi connectivity index (χ0v) is 14.2. The number of fused-ring (bicyclic) bond motifs is 3. The summed E-state index contributed by atoms with van der Waals surface area (Å²) >= 11 is 0. The van der Waals surface area contributed by atoms with Gasteiger partial charge in [0.15, 0.2) is 0 Å². The summed E-state index contributed by atoms with van der Waals surface area (Å²) in [7, 11) is 0. The Morgan fingerprint density at radius 2 is 1.44 bits per heavy atom. The Labute approximate surface area is 147 Å². The third-order valence-corrected chi connectivity index (χ3v) is 7.29. The molecule has 1 aliphatic heterocycles. The SMILES string of the molecule is O=C1c2ccc3ccccc3c2C(=O)N1C1C2CC3CC(C2)CC1C3. The lowest BCUT2D eigenvalue weighted by atomic mass is 9.54. The summed E-state index contributed by atoms with van der Waals surface area (Å²) in [6.45, 7) is 0. The number of hydrogen-bond acceptors (Lipinski definition) is 2. The summed E-state index contributed by atoms with van der Waals surface area (Å²) in [4.78, 5) is 28.2. The van der Waals surface area contributed by atoms with Gasteiger partial charge in [-0.15, -0.1) is 0 Å². The Balaban J connectivity index is 1.47. The highest BCUT2D eigenvalue weighted by molar-refractivity contribution is 6.26. The number of benzene rings is 2. The molecule has 1 heterocycles. The molecule has 2 aromatic rings. The summed E-state index contributed by atoms with van der Waals surface area (Å²) in [6.07, 6.45) is 6.24. The van der Waals surface area contributed by atoms with Crippen molar-refractivity contribution < 1.29 is 9.59 Å². The van der Waals surface area contributed by atoms with E-state index in [0.717, 1.165) is 22.6 Å². The van der Waals surface area contributed by atoms with Crippen molar-refractivity contribution in [2.45, 2.75) is 38.1 Å². The van der Waals surface area contributed by atoms with Gasteiger partial charge in [-0.25, -0.2) is 0 Å². The highest BCUT2D eigenvalue weighted by Crippen LogP contribution is 2.56. The maximum absolute atomic E-state index is 13.3. The quantitative estimate of drug-likeness (QED) is 0.732. The normalized spacial score (nSPS) is 35.7. The van der Waals surface area contributed by atoms with Crippen LogP contribution in [0.15, 0.2) is 36.4 Å². The van der Waals surface area contributed by atoms with E-state index in [2.05, 4.69) is 0 Å². The first-order valence-electron chi connectivity index (χ1n) is 9.60. The number of hydrogen-bond donors (Lipinski definition) is 0. The van der Waals surface area contributed by atoms with Crippen LogP contribution in [0.5, 0.6) is 0 Å². The van der Waals surface area contributed by atoms with Crippen molar-refractivity contribution in [2.24, 2.45) is 23.7 Å². The van der Waals surface area contributed by atoms with Gasteiger partial charge in [-0.3, -0.25) is 14.5 Å². The van der Waals surface area contributed by atoms with Gasteiger partial charge in [0.25, 0.3) is 11.8 Å². The Morgan fingerprint density at radius 3 is 2.16 bits per heavy atom. The van der Waals surface area contributed by atoms with Crippen LogP contribution in [0.3, 0.4) is 0 Å². The molecule has 0 saturated heterocycles. The van der Waals surface area contributed by atoms with Crippen molar-refractivity contribution in [1.82, 2.24) is 4.90 Å². The van der Waals surface area contributed by atoms with E-state index in [9.17, 15) is 9.59 Å². The molecule has 0 atom stereocenters. The Morgan fingerprint density at radius 1 is 0.760 bits per heavy atom. The predicted octanol–water partition coefficient (Wildman–Crippen LogP) is 4.26. The van der Waals surface area contributed by atoms with Gasteiger partial charge in [-0.1, -0.05) is 30.3 Å². The number of carbonyl (C=O) groups excluding carboxylic acids is 2. The highest BCUT2D eigenvalue weighted by Gasteiger charge is 2.54. The summed E-state index contributed by atoms with van der Waals surface area (Å²) in [5.41, 5.74) is 1.24. The van der Waals surface area contributed by atoms with Gasteiger partial charge in [-0.05, 0) is 72.6 Å². The summed E-state index contributed by atoms with van der Waals surface area (Å²) in [5, 5.41) is 1.96. The molecule has 2 amide bonds. The van der Waals surface area contributed by atoms with Crippen LogP contribution >= 0.6 is 0 Å². The highest BCUT2D eigenvalue weighted by atomic mass is 16.2. The lowest BCUT2D eigenvalue weighted by molar-refractivity contribution is -0.0466. The lowest BCUT2D eigenvalue weighted by Gasteiger charge is -2.56. The maximum atomic E-state index is 13.3. The predicted molar refractivity (Wildman–Crippen MR) is 95.3 cm³/mol. The minimum Gasteiger partial charge on any atom is -0.271 e. The molecule has 4 bridgehead atoms. The number of imide groups is 1. The van der Waals surface area contributed by atoms with Crippen molar-refractivity contribution in [3.05, 3.63) is 47.5 Å². The minimum atomic E-state index is -0.0526. The van der Waals surface area contributed by atoms with Crippen LogP contribution < -0.4 is 0 Å². The first-order valence-corrected chi connectivity index (χ1v) is 9.60. The smallest absolute Gasteiger partial charge is 0.262 e. The maximum Gasteiger partial charge on any atom is 0.262 e. The summed E-state index contributed by atoms with van der Waals surface area (Å²) in [6, 6.07) is 11.9. The van der Waals surface area contributed by atoms with Gasteiger partial charge >= 0.3 is 0 Å². The number of amides is 2. The van der Waals surface area contributed by atoms with Crippen molar-refractivity contribution in [3.63, 3.8) is 0 Å². The van der Waals surface area contributed by atoms with Crippen LogP contribution in [0.1, 0.15) is 52.8 Å². The van der Waals surface area contributed by atoms with Crippen LogP contribution in [0.4, 0.5) is 0 Å². The van der Waals surface area contributed by atoms with Gasteiger partial charge in [-0.2, -0.15) is 0 Å². The third-order valence-electron chi connectivity index (χ3n) is 7.29. The monoisotopic (exact) mass is 331 g/mol. The summed E-state index contributed by atoms with van der Waals surface area (Å²) < 4.78 is 0. The molecule has 4 aliphatic carbocycles. The zero-order chi connectivity index (χ0) is 16.7. The molecule has 7 rings (SSSR count). The average Bonchev–Trinajstić information content (AvgIpc) is 2.86. The molecule has 0 spiro atoms. The fraction of sp³-hybridized carbons (Fsp3) is 0.455. The molecular formula is C22H21NO2. The van der Waals surface area contributed by atoms with Gasteiger partial charge in [0, 0.05) is 6.04 Å². The Bertz CT molecular complexity index is 903. The largest absolute Gasteiger partial charge is 0.271 e. The van der Waals surface area contributed by atoms with E-state index >= 15 is 0 Å². The van der Waals surface area contributed by atoms with E-state index < -0.39 is 0 Å². The van der Waals surface area contributed by atoms with Crippen molar-refractivity contribution in [1.29, 1.82) is 0 Å². The molecule has 0 aromatic heterocycles. The van der Waals surface area contributed by atoms with Gasteiger partial charge in [0.05, 0.1) is 11.1 Å². The van der Waals surface area contributed by atoms with Crippen LogP contribution in [0.2, 0.25) is 0 Å². The molecule has 25 heavy (non-hydrogen) atoms. The zero-order valence-electron chi connectivity index (χ0n) is 14.2. The molecule has 2 aromatic carbocycles. The van der Waals surface area contributed by atoms with Crippen LogP contribution in [-0.2, 0) is 0 Å². The molecule has 4 saturated carbocycles. The molecule has 0 N–H and O–H groups in total. The number of rotatable bonds is 1. The molecule has 3 heteroatoms. The van der Waals surface area contributed by atoms with E-state index in [0.29, 0.717) is 23.0 Å². The third kappa shape index (κ3) is 1.76. The molecule has 4 fully saturated rings. The fourth-order valence-electron chi connectivity index (χ4n) is 6.61. The average molecular weight is 331 g/mol. The minimum absolute atomic E-state index is 0.0470. The molecule has 0 unspecified atom stereocenters. The summed E-state index contributed by atoms with van der Waals surface area (Å²) in [5.74, 6) is 2.65.